The molecule has 15 heteroatoms. The third kappa shape index (κ3) is 5.25. The van der Waals surface area contributed by atoms with Crippen LogP contribution < -0.4 is 45.7 Å². The number of aromatic nitrogens is 2. The number of oxime groups is 1. The number of hydrogen-bond acceptors (Lipinski definition) is 12. The number of nitrogens with zero attached hydrogens (tertiary/aromatic N) is 4. The molecule has 3 N–H and O–H groups in total. The summed E-state index contributed by atoms with van der Waals surface area (Å²) in [6.07, 6.45) is 5.21. The number of aliphatic carboxylic acids is 1. The first-order chi connectivity index (χ1) is 15.4. The minimum Gasteiger partial charge on any atom is -0.543 e. The summed E-state index contributed by atoms with van der Waals surface area (Å²) < 4.78 is 9.45. The zero-order valence-electron chi connectivity index (χ0n) is 17.8. The van der Waals surface area contributed by atoms with Crippen LogP contribution in [0.4, 0.5) is 5.13 Å². The number of nitrogens with one attached hydrogen (secondary N) is 1. The van der Waals surface area contributed by atoms with E-state index in [0.717, 1.165) is 29.3 Å². The zero-order valence-corrected chi connectivity index (χ0v) is 21.5. The molecule has 12 nitrogen and oxygen atoms in total. The number of thioether (sulfide) groups is 1. The molecule has 2 amide bonds. The number of fused-ring (bicyclic) bond motifs is 1. The van der Waals surface area contributed by atoms with Gasteiger partial charge in [-0.2, -0.15) is 9.36 Å². The monoisotopic (exact) mass is 502 g/mol. The summed E-state index contributed by atoms with van der Waals surface area (Å²) in [4.78, 5) is 47.0. The Hall–Kier alpha value is -1.97. The van der Waals surface area contributed by atoms with E-state index in [9.17, 15) is 19.5 Å². The summed E-state index contributed by atoms with van der Waals surface area (Å²) in [6, 6.07) is -0.955. The molecule has 0 radical (unpaired) electrons. The molecular formula is C18H19N6NaO6S2. The summed E-state index contributed by atoms with van der Waals surface area (Å²) in [7, 11) is 1.25. The first-order valence-corrected chi connectivity index (χ1v) is 11.4. The van der Waals surface area contributed by atoms with Crippen molar-refractivity contribution in [3.8, 4) is 0 Å². The molecule has 0 bridgehead atoms. The normalized spacial score (nSPS) is 24.9. The number of amides is 2. The van der Waals surface area contributed by atoms with E-state index in [1.54, 1.807) is 12.2 Å². The maximum Gasteiger partial charge on any atom is 1.00 e. The Labute approximate surface area is 219 Å². The number of anilines is 1. The number of nitrogens with two attached hydrogens (primary N) is 1. The van der Waals surface area contributed by atoms with Crippen molar-refractivity contribution in [1.29, 1.82) is 0 Å². The molecule has 2 saturated heterocycles. The second-order valence-corrected chi connectivity index (χ2v) is 8.90. The first-order valence-electron chi connectivity index (χ1n) is 9.61. The van der Waals surface area contributed by atoms with Crippen LogP contribution in [0.3, 0.4) is 0 Å². The molecule has 4 heterocycles. The Morgan fingerprint density at radius 3 is 2.85 bits per heavy atom. The van der Waals surface area contributed by atoms with Crippen LogP contribution in [0.2, 0.25) is 0 Å². The molecule has 1 aromatic rings. The van der Waals surface area contributed by atoms with Gasteiger partial charge in [0, 0.05) is 23.9 Å². The molecule has 1 unspecified atom stereocenters. The van der Waals surface area contributed by atoms with E-state index in [4.69, 9.17) is 10.5 Å². The van der Waals surface area contributed by atoms with Crippen LogP contribution >= 0.6 is 23.3 Å². The van der Waals surface area contributed by atoms with Crippen molar-refractivity contribution in [3.63, 3.8) is 0 Å². The molecule has 0 saturated carbocycles. The predicted octanol–water partition coefficient (Wildman–Crippen LogP) is -4.39. The minimum absolute atomic E-state index is 0. The van der Waals surface area contributed by atoms with Gasteiger partial charge in [-0.3, -0.25) is 14.5 Å². The van der Waals surface area contributed by atoms with Gasteiger partial charge in [-0.25, -0.2) is 0 Å². The number of carboxylic acids is 1. The average molecular weight is 503 g/mol. The molecule has 2 fully saturated rings. The van der Waals surface area contributed by atoms with E-state index in [1.165, 1.54) is 18.9 Å². The quantitative estimate of drug-likeness (QED) is 0.160. The molecule has 170 valence electrons. The largest absolute Gasteiger partial charge is 1.00 e. The van der Waals surface area contributed by atoms with Gasteiger partial charge in [-0.05, 0) is 18.4 Å². The van der Waals surface area contributed by atoms with Crippen molar-refractivity contribution in [3.05, 3.63) is 29.2 Å². The number of carbonyl (C=O) groups excluding carboxylic acids is 3. The van der Waals surface area contributed by atoms with Crippen molar-refractivity contribution in [1.82, 2.24) is 19.6 Å². The smallest absolute Gasteiger partial charge is 0.543 e. The fourth-order valence-corrected chi connectivity index (χ4v) is 5.31. The van der Waals surface area contributed by atoms with Gasteiger partial charge in [0.05, 0.1) is 17.8 Å². The molecule has 0 spiro atoms. The van der Waals surface area contributed by atoms with E-state index >= 15 is 0 Å². The third-order valence-corrected chi connectivity index (χ3v) is 6.85. The van der Waals surface area contributed by atoms with Crippen LogP contribution in [0, 0.1) is 0 Å². The van der Waals surface area contributed by atoms with Gasteiger partial charge in [0.25, 0.3) is 11.8 Å². The van der Waals surface area contributed by atoms with E-state index in [0.29, 0.717) is 17.9 Å². The second-order valence-electron chi connectivity index (χ2n) is 7.01. The number of β-lactam (4-membered cyclic amide) rings is 1. The van der Waals surface area contributed by atoms with Crippen molar-refractivity contribution in [2.75, 3.05) is 25.2 Å². The maximum atomic E-state index is 12.8. The third-order valence-electron chi connectivity index (χ3n) is 5.01. The molecule has 33 heavy (non-hydrogen) atoms. The van der Waals surface area contributed by atoms with Gasteiger partial charge in [-0.1, -0.05) is 17.3 Å². The molecule has 3 atom stereocenters. The molecule has 1 aromatic heterocycles. The molecule has 0 aromatic carbocycles. The minimum atomic E-state index is -1.45. The van der Waals surface area contributed by atoms with Gasteiger partial charge in [0.15, 0.2) is 5.13 Å². The summed E-state index contributed by atoms with van der Waals surface area (Å²) >= 11 is 2.21. The fourth-order valence-electron chi connectivity index (χ4n) is 3.55. The molecule has 4 rings (SSSR count). The van der Waals surface area contributed by atoms with Crippen LogP contribution in [0.1, 0.15) is 18.7 Å². The van der Waals surface area contributed by atoms with Gasteiger partial charge in [0.1, 0.15) is 18.5 Å². The Bertz CT molecular complexity index is 1040. The summed E-state index contributed by atoms with van der Waals surface area (Å²) in [5.41, 5.74) is 5.57. The van der Waals surface area contributed by atoms with Crippen molar-refractivity contribution in [2.24, 2.45) is 5.16 Å². The Morgan fingerprint density at radius 2 is 2.24 bits per heavy atom. The van der Waals surface area contributed by atoms with Gasteiger partial charge >= 0.3 is 29.6 Å². The van der Waals surface area contributed by atoms with E-state index in [2.05, 4.69) is 24.7 Å². The predicted molar refractivity (Wildman–Crippen MR) is 113 cm³/mol. The molecule has 3 aliphatic heterocycles. The number of carbonyl (C=O) groups is 3. The molecular weight excluding hydrogens is 483 g/mol. The number of ether oxygens (including phenoxy) is 1. The van der Waals surface area contributed by atoms with Gasteiger partial charge in [-0.15, -0.1) is 11.8 Å². The van der Waals surface area contributed by atoms with Crippen LogP contribution in [-0.4, -0.2) is 74.7 Å². The van der Waals surface area contributed by atoms with E-state index < -0.39 is 29.2 Å². The summed E-state index contributed by atoms with van der Waals surface area (Å²) in [6.45, 7) is 0.668. The first kappa shape index (κ1) is 25.6. The number of carboxylic acid groups (broad SMARTS) is 1. The van der Waals surface area contributed by atoms with Crippen LogP contribution in [0.25, 0.3) is 0 Å². The average Bonchev–Trinajstić information content (AvgIpc) is 3.45. The van der Waals surface area contributed by atoms with Gasteiger partial charge in [0.2, 0.25) is 11.5 Å². The van der Waals surface area contributed by atoms with Crippen LogP contribution in [-0.2, 0) is 24.0 Å². The summed E-state index contributed by atoms with van der Waals surface area (Å²) in [5.74, 6) is -2.48. The van der Waals surface area contributed by atoms with Crippen molar-refractivity contribution in [2.45, 2.75) is 30.4 Å². The topological polar surface area (TPSA) is 172 Å². The zero-order chi connectivity index (χ0) is 22.8. The Balaban J connectivity index is 0.00000306. The maximum absolute atomic E-state index is 12.8. The van der Waals surface area contributed by atoms with Crippen LogP contribution in [0.15, 0.2) is 28.6 Å². The molecule has 3 aliphatic rings. The van der Waals surface area contributed by atoms with Crippen molar-refractivity contribution < 1.29 is 58.6 Å². The number of allylic oxidation sites excluding steroid dienone is 1. The Kier molecular flexibility index (Phi) is 8.53. The van der Waals surface area contributed by atoms with Crippen molar-refractivity contribution >= 4 is 51.9 Å². The number of rotatable bonds is 7. The summed E-state index contributed by atoms with van der Waals surface area (Å²) in [5, 5.41) is 17.5. The number of hydrogen-bond donors (Lipinski definition) is 2. The second kappa shape index (κ2) is 11.0. The fraction of sp³-hybridized carbons (Fsp3) is 0.444. The number of nitrogen functional groups attached to an aromatic ring is 1. The standard InChI is InChI=1S/C18H20N6O6S2.Na/c1-29-22-10(13-21-18(19)32-23-13)14(25)20-11-15(26)24-12(17(27)28)8(7-31-16(11)24)4-5-9-3-2-6-30-9;/h4-5,9,11,16H,2-3,6-7H2,1H3,(H,20,25)(H,27,28)(H2,19,21,23);/q;+1/p-1/b5-4+,22-10-;/t9?,11-,16-;/m1./s1. The van der Waals surface area contributed by atoms with E-state index in [1.807, 2.05) is 0 Å². The van der Waals surface area contributed by atoms with Crippen LogP contribution in [0.5, 0.6) is 0 Å². The van der Waals surface area contributed by atoms with Gasteiger partial charge < -0.3 is 30.5 Å². The SMILES string of the molecule is CO/N=C(\C(=O)N[C@@H]1C(=O)N2C(C(=O)[O-])=C(/C=C/C3CCCO3)CS[C@H]12)c1nsc(N)n1.[Na+]. The molecule has 0 aliphatic carbocycles. The Morgan fingerprint density at radius 1 is 1.45 bits per heavy atom. The van der Waals surface area contributed by atoms with E-state index in [-0.39, 0.29) is 58.0 Å².